The first kappa shape index (κ1) is 14.8. The number of rotatable bonds is 1. The number of hydrogen-bond acceptors (Lipinski definition) is 5. The average Bonchev–Trinajstić information content (AvgIpc) is 3.10. The molecule has 122 valence electrons. The van der Waals surface area contributed by atoms with Gasteiger partial charge in [-0.15, -0.1) is 0 Å². The fraction of sp³-hybridized carbons (Fsp3) is 0.263. The number of carbonyl (C=O) groups is 2. The number of ether oxygens (including phenoxy) is 2. The third-order valence-electron chi connectivity index (χ3n) is 4.31. The third-order valence-corrected chi connectivity index (χ3v) is 4.31. The number of hydrogen-bond donors (Lipinski definition) is 0. The van der Waals surface area contributed by atoms with Crippen molar-refractivity contribution in [3.8, 4) is 11.5 Å². The van der Waals surface area contributed by atoms with Crippen molar-refractivity contribution in [1.29, 1.82) is 0 Å². The van der Waals surface area contributed by atoms with Crippen molar-refractivity contribution in [2.45, 2.75) is 33.1 Å². The van der Waals surface area contributed by atoms with Crippen LogP contribution in [0.5, 0.6) is 11.5 Å². The van der Waals surface area contributed by atoms with Crippen LogP contribution in [-0.4, -0.2) is 11.8 Å². The van der Waals surface area contributed by atoms with Gasteiger partial charge < -0.3 is 13.9 Å². The molecule has 0 N–H and O–H groups in total. The Labute approximate surface area is 138 Å². The van der Waals surface area contributed by atoms with Crippen LogP contribution in [0, 0.1) is 6.92 Å². The van der Waals surface area contributed by atoms with E-state index in [1.54, 1.807) is 12.1 Å². The van der Waals surface area contributed by atoms with Gasteiger partial charge in [0.05, 0.1) is 17.9 Å². The first-order valence-electron chi connectivity index (χ1n) is 7.79. The maximum atomic E-state index is 12.5. The standard InChI is InChI=1S/C19H16O5/c1-9(2)18-17(21)11-5-7-14-16(19(11)24-18)12(8-15(20)23-14)13-6-4-10(3)22-13/h4-7,12H,8H2,1-3H3/t12-/m0/s1. The zero-order chi connectivity index (χ0) is 17.0. The molecule has 1 aromatic heterocycles. The largest absolute Gasteiger partial charge is 0.466 e. The van der Waals surface area contributed by atoms with Crippen molar-refractivity contribution in [1.82, 2.24) is 0 Å². The first-order valence-corrected chi connectivity index (χ1v) is 7.79. The van der Waals surface area contributed by atoms with Gasteiger partial charge in [-0.1, -0.05) is 0 Å². The lowest BCUT2D eigenvalue weighted by atomic mass is 9.88. The Morgan fingerprint density at radius 3 is 2.54 bits per heavy atom. The molecular weight excluding hydrogens is 308 g/mol. The van der Waals surface area contributed by atoms with Crippen molar-refractivity contribution in [2.75, 3.05) is 0 Å². The summed E-state index contributed by atoms with van der Waals surface area (Å²) in [6, 6.07) is 7.00. The second-order valence-corrected chi connectivity index (χ2v) is 6.29. The Hall–Kier alpha value is -2.82. The lowest BCUT2D eigenvalue weighted by Gasteiger charge is -2.24. The van der Waals surface area contributed by atoms with Gasteiger partial charge in [0.2, 0.25) is 5.78 Å². The summed E-state index contributed by atoms with van der Waals surface area (Å²) in [5.74, 6) is 1.87. The second-order valence-electron chi connectivity index (χ2n) is 6.29. The highest BCUT2D eigenvalue weighted by Gasteiger charge is 2.39. The zero-order valence-electron chi connectivity index (χ0n) is 13.6. The smallest absolute Gasteiger partial charge is 0.312 e. The number of carbonyl (C=O) groups excluding carboxylic acids is 2. The Balaban J connectivity index is 1.93. The highest BCUT2D eigenvalue weighted by Crippen LogP contribution is 2.49. The number of aryl methyl sites for hydroxylation is 1. The highest BCUT2D eigenvalue weighted by molar-refractivity contribution is 6.13. The van der Waals surface area contributed by atoms with E-state index in [-0.39, 0.29) is 24.1 Å². The number of esters is 1. The summed E-state index contributed by atoms with van der Waals surface area (Å²) in [7, 11) is 0. The van der Waals surface area contributed by atoms with Gasteiger partial charge in [-0.25, -0.2) is 0 Å². The topological polar surface area (TPSA) is 65.7 Å². The summed E-state index contributed by atoms with van der Waals surface area (Å²) < 4.78 is 17.0. The molecule has 24 heavy (non-hydrogen) atoms. The molecule has 0 radical (unpaired) electrons. The summed E-state index contributed by atoms with van der Waals surface area (Å²) >= 11 is 0. The second kappa shape index (κ2) is 5.09. The molecule has 4 rings (SSSR count). The van der Waals surface area contributed by atoms with Crippen LogP contribution in [0.15, 0.2) is 40.0 Å². The Bertz CT molecular complexity index is 912. The molecule has 0 bridgehead atoms. The van der Waals surface area contributed by atoms with Crippen molar-refractivity contribution in [2.24, 2.45) is 0 Å². The van der Waals surface area contributed by atoms with Crippen molar-refractivity contribution >= 4 is 11.8 Å². The summed E-state index contributed by atoms with van der Waals surface area (Å²) in [6.45, 7) is 5.51. The number of fused-ring (bicyclic) bond motifs is 3. The van der Waals surface area contributed by atoms with E-state index in [4.69, 9.17) is 13.9 Å². The minimum atomic E-state index is -0.326. The van der Waals surface area contributed by atoms with Crippen LogP contribution in [0.25, 0.3) is 0 Å². The van der Waals surface area contributed by atoms with Gasteiger partial charge in [0.1, 0.15) is 23.0 Å². The minimum absolute atomic E-state index is 0.140. The van der Waals surface area contributed by atoms with Crippen LogP contribution in [0.3, 0.4) is 0 Å². The van der Waals surface area contributed by atoms with E-state index >= 15 is 0 Å². The quantitative estimate of drug-likeness (QED) is 0.452. The van der Waals surface area contributed by atoms with Gasteiger partial charge >= 0.3 is 5.97 Å². The molecule has 5 nitrogen and oxygen atoms in total. The number of furan rings is 1. The van der Waals surface area contributed by atoms with Crippen molar-refractivity contribution in [3.63, 3.8) is 0 Å². The van der Waals surface area contributed by atoms with E-state index in [2.05, 4.69) is 0 Å². The van der Waals surface area contributed by atoms with Gasteiger partial charge in [0, 0.05) is 5.56 Å². The van der Waals surface area contributed by atoms with E-state index in [9.17, 15) is 9.59 Å². The van der Waals surface area contributed by atoms with Gasteiger partial charge in [-0.2, -0.15) is 0 Å². The van der Waals surface area contributed by atoms with Gasteiger partial charge in [0.15, 0.2) is 5.76 Å². The third kappa shape index (κ3) is 2.08. The van der Waals surface area contributed by atoms with E-state index < -0.39 is 0 Å². The van der Waals surface area contributed by atoms with Crippen molar-refractivity contribution < 1.29 is 23.5 Å². The maximum Gasteiger partial charge on any atom is 0.312 e. The summed E-state index contributed by atoms with van der Waals surface area (Å²) in [5.41, 5.74) is 2.00. The molecule has 0 aliphatic carbocycles. The SMILES string of the molecule is CC(C)=C1Oc2c(ccc3c2[C@H](c2ccc(C)o2)CC(=O)O3)C1=O. The normalized spacial score (nSPS) is 18.8. The Morgan fingerprint density at radius 2 is 1.88 bits per heavy atom. The van der Waals surface area contributed by atoms with Crippen LogP contribution in [0.1, 0.15) is 53.6 Å². The lowest BCUT2D eigenvalue weighted by molar-refractivity contribution is -0.135. The summed E-state index contributed by atoms with van der Waals surface area (Å²) in [4.78, 5) is 24.5. The van der Waals surface area contributed by atoms with Gasteiger partial charge in [0.25, 0.3) is 0 Å². The van der Waals surface area contributed by atoms with Crippen LogP contribution in [0.4, 0.5) is 0 Å². The lowest BCUT2D eigenvalue weighted by Crippen LogP contribution is -2.21. The van der Waals surface area contributed by atoms with E-state index in [1.807, 2.05) is 32.9 Å². The molecule has 0 spiro atoms. The summed E-state index contributed by atoms with van der Waals surface area (Å²) in [5, 5.41) is 0. The predicted octanol–water partition coefficient (Wildman–Crippen LogP) is 3.90. The van der Waals surface area contributed by atoms with E-state index in [0.717, 1.165) is 11.3 Å². The molecular formula is C19H16O5. The van der Waals surface area contributed by atoms with Crippen molar-refractivity contribution in [3.05, 3.63) is 58.2 Å². The fourth-order valence-corrected chi connectivity index (χ4v) is 3.21. The number of allylic oxidation sites excluding steroid dienone is 2. The molecule has 5 heteroatoms. The molecule has 2 aliphatic rings. The fourth-order valence-electron chi connectivity index (χ4n) is 3.21. The molecule has 3 heterocycles. The molecule has 0 saturated heterocycles. The molecule has 1 atom stereocenters. The maximum absolute atomic E-state index is 12.5. The monoisotopic (exact) mass is 324 g/mol. The van der Waals surface area contributed by atoms with Gasteiger partial charge in [-0.3, -0.25) is 9.59 Å². The van der Waals surface area contributed by atoms with Crippen LogP contribution in [-0.2, 0) is 4.79 Å². The molecule has 0 amide bonds. The van der Waals surface area contributed by atoms with Crippen LogP contribution in [0.2, 0.25) is 0 Å². The number of ketones is 1. The molecule has 2 aliphatic heterocycles. The minimum Gasteiger partial charge on any atom is -0.466 e. The Kier molecular flexibility index (Phi) is 3.13. The summed E-state index contributed by atoms with van der Waals surface area (Å²) in [6.07, 6.45) is 0.151. The molecule has 0 fully saturated rings. The first-order chi connectivity index (χ1) is 11.5. The van der Waals surface area contributed by atoms with Gasteiger partial charge in [-0.05, 0) is 50.6 Å². The Morgan fingerprint density at radius 1 is 1.08 bits per heavy atom. The molecule has 2 aromatic rings. The molecule has 1 aromatic carbocycles. The van der Waals surface area contributed by atoms with Crippen LogP contribution >= 0.6 is 0 Å². The number of benzene rings is 1. The molecule has 0 unspecified atom stereocenters. The highest BCUT2D eigenvalue weighted by atomic mass is 16.5. The van der Waals surface area contributed by atoms with Crippen LogP contribution < -0.4 is 9.47 Å². The van der Waals surface area contributed by atoms with E-state index in [0.29, 0.717) is 34.1 Å². The average molecular weight is 324 g/mol. The predicted molar refractivity (Wildman–Crippen MR) is 85.3 cm³/mol. The molecule has 0 saturated carbocycles. The number of Topliss-reactive ketones (excluding diaryl/α,β-unsaturated/α-hetero) is 1. The zero-order valence-corrected chi connectivity index (χ0v) is 13.6. The van der Waals surface area contributed by atoms with E-state index in [1.165, 1.54) is 0 Å².